The van der Waals surface area contributed by atoms with Crippen LogP contribution in [0.4, 0.5) is 18.3 Å². The maximum absolute atomic E-state index is 12.3. The van der Waals surface area contributed by atoms with Gasteiger partial charge in [-0.25, -0.2) is 0 Å². The van der Waals surface area contributed by atoms with Gasteiger partial charge >= 0.3 is 6.18 Å². The zero-order chi connectivity index (χ0) is 12.5. The van der Waals surface area contributed by atoms with Gasteiger partial charge in [0, 0.05) is 7.11 Å². The fraction of sp³-hybridized carbons (Fsp3) is 0.778. The first-order chi connectivity index (χ1) is 8.00. The summed E-state index contributed by atoms with van der Waals surface area (Å²) >= 11 is 0.525. The molecule has 8 heteroatoms. The minimum absolute atomic E-state index is 0.0223. The number of alkyl halides is 3. The lowest BCUT2D eigenvalue weighted by Crippen LogP contribution is -2.29. The fourth-order valence-electron chi connectivity index (χ4n) is 1.93. The summed E-state index contributed by atoms with van der Waals surface area (Å²) in [4.78, 5) is 0. The minimum atomic E-state index is -4.42. The first-order valence-corrected chi connectivity index (χ1v) is 6.02. The lowest BCUT2D eigenvalue weighted by atomic mass is 10.2. The molecule has 17 heavy (non-hydrogen) atoms. The van der Waals surface area contributed by atoms with Crippen molar-refractivity contribution < 1.29 is 17.9 Å². The Bertz CT molecular complexity index is 382. The van der Waals surface area contributed by atoms with Crippen molar-refractivity contribution >= 4 is 16.5 Å². The maximum Gasteiger partial charge on any atom is 0.445 e. The Hall–Kier alpha value is -0.890. The van der Waals surface area contributed by atoms with Gasteiger partial charge in [0.05, 0.1) is 12.1 Å². The van der Waals surface area contributed by atoms with Crippen LogP contribution in [0.15, 0.2) is 0 Å². The Morgan fingerprint density at radius 3 is 2.71 bits per heavy atom. The summed E-state index contributed by atoms with van der Waals surface area (Å²) in [5.74, 6) is 0. The summed E-state index contributed by atoms with van der Waals surface area (Å²) in [6, 6.07) is 0.0223. The number of ether oxygens (including phenoxy) is 1. The van der Waals surface area contributed by atoms with E-state index in [2.05, 4.69) is 15.5 Å². The van der Waals surface area contributed by atoms with Crippen LogP contribution in [0.5, 0.6) is 0 Å². The van der Waals surface area contributed by atoms with Crippen LogP contribution in [-0.2, 0) is 10.9 Å². The molecule has 1 fully saturated rings. The number of hydrogen-bond donors (Lipinski definition) is 1. The summed E-state index contributed by atoms with van der Waals surface area (Å²) in [7, 11) is 1.60. The van der Waals surface area contributed by atoms with Crippen LogP contribution < -0.4 is 5.32 Å². The third-order valence-electron chi connectivity index (χ3n) is 2.73. The van der Waals surface area contributed by atoms with Gasteiger partial charge in [-0.15, -0.1) is 10.2 Å². The van der Waals surface area contributed by atoms with E-state index < -0.39 is 11.2 Å². The average molecular weight is 267 g/mol. The van der Waals surface area contributed by atoms with Crippen molar-refractivity contribution in [2.24, 2.45) is 0 Å². The Balaban J connectivity index is 2.02. The first kappa shape index (κ1) is 12.6. The Morgan fingerprint density at radius 1 is 1.35 bits per heavy atom. The van der Waals surface area contributed by atoms with Gasteiger partial charge in [0.15, 0.2) is 0 Å². The Kier molecular flexibility index (Phi) is 3.53. The van der Waals surface area contributed by atoms with Crippen molar-refractivity contribution in [3.63, 3.8) is 0 Å². The maximum atomic E-state index is 12.3. The molecule has 1 aromatic rings. The number of rotatable bonds is 3. The van der Waals surface area contributed by atoms with E-state index in [-0.39, 0.29) is 17.3 Å². The number of nitrogens with zero attached hydrogens (tertiary/aromatic N) is 2. The van der Waals surface area contributed by atoms with Crippen molar-refractivity contribution in [3.8, 4) is 0 Å². The predicted molar refractivity (Wildman–Crippen MR) is 57.0 cm³/mol. The summed E-state index contributed by atoms with van der Waals surface area (Å²) in [6.07, 6.45) is -1.60. The summed E-state index contributed by atoms with van der Waals surface area (Å²) in [6.45, 7) is 0. The largest absolute Gasteiger partial charge is 0.445 e. The van der Waals surface area contributed by atoms with Crippen LogP contribution in [-0.4, -0.2) is 29.5 Å². The molecule has 4 nitrogen and oxygen atoms in total. The van der Waals surface area contributed by atoms with Crippen molar-refractivity contribution in [3.05, 3.63) is 5.01 Å². The van der Waals surface area contributed by atoms with E-state index in [0.29, 0.717) is 11.3 Å². The standard InChI is InChI=1S/C9H12F3N3OS/c1-16-6-4-2-3-5(6)13-8-15-14-7(17-8)9(10,11)12/h5-6H,2-4H2,1H3,(H,13,15). The van der Waals surface area contributed by atoms with Gasteiger partial charge in [0.1, 0.15) is 0 Å². The lowest BCUT2D eigenvalue weighted by molar-refractivity contribution is -0.138. The molecule has 0 saturated heterocycles. The smallest absolute Gasteiger partial charge is 0.379 e. The van der Waals surface area contributed by atoms with Gasteiger partial charge in [0.25, 0.3) is 0 Å². The highest BCUT2D eigenvalue weighted by Crippen LogP contribution is 2.34. The van der Waals surface area contributed by atoms with Gasteiger partial charge in [0.2, 0.25) is 10.1 Å². The molecular weight excluding hydrogens is 255 g/mol. The van der Waals surface area contributed by atoms with E-state index in [4.69, 9.17) is 4.74 Å². The quantitative estimate of drug-likeness (QED) is 0.914. The fourth-order valence-corrected chi connectivity index (χ4v) is 2.60. The second kappa shape index (κ2) is 4.77. The molecule has 0 amide bonds. The third-order valence-corrected chi connectivity index (χ3v) is 3.63. The highest BCUT2D eigenvalue weighted by molar-refractivity contribution is 7.15. The monoisotopic (exact) mass is 267 g/mol. The Morgan fingerprint density at radius 2 is 2.12 bits per heavy atom. The van der Waals surface area contributed by atoms with E-state index in [0.717, 1.165) is 19.3 Å². The lowest BCUT2D eigenvalue weighted by Gasteiger charge is -2.18. The molecule has 2 atom stereocenters. The first-order valence-electron chi connectivity index (χ1n) is 5.20. The van der Waals surface area contributed by atoms with Crippen LogP contribution in [0.25, 0.3) is 0 Å². The number of anilines is 1. The van der Waals surface area contributed by atoms with E-state index in [9.17, 15) is 13.2 Å². The SMILES string of the molecule is COC1CCCC1Nc1nnc(C(F)(F)F)s1. The van der Waals surface area contributed by atoms with Gasteiger partial charge < -0.3 is 10.1 Å². The van der Waals surface area contributed by atoms with Crippen molar-refractivity contribution in [1.29, 1.82) is 0 Å². The molecule has 1 aliphatic carbocycles. The molecule has 0 spiro atoms. The highest BCUT2D eigenvalue weighted by Gasteiger charge is 2.36. The average Bonchev–Trinajstić information content (AvgIpc) is 2.86. The number of hydrogen-bond acceptors (Lipinski definition) is 5. The van der Waals surface area contributed by atoms with Crippen molar-refractivity contribution in [2.75, 3.05) is 12.4 Å². The van der Waals surface area contributed by atoms with Crippen LogP contribution in [0.1, 0.15) is 24.3 Å². The molecule has 2 unspecified atom stereocenters. The molecule has 1 aromatic heterocycles. The molecule has 1 aliphatic rings. The van der Waals surface area contributed by atoms with Gasteiger partial charge in [-0.3, -0.25) is 0 Å². The number of halogens is 3. The van der Waals surface area contributed by atoms with E-state index in [1.165, 1.54) is 0 Å². The zero-order valence-electron chi connectivity index (χ0n) is 9.12. The van der Waals surface area contributed by atoms with Crippen molar-refractivity contribution in [1.82, 2.24) is 10.2 Å². The van der Waals surface area contributed by atoms with Gasteiger partial charge in [-0.05, 0) is 19.3 Å². The zero-order valence-corrected chi connectivity index (χ0v) is 9.94. The predicted octanol–water partition coefficient (Wildman–Crippen LogP) is 2.54. The molecule has 0 aromatic carbocycles. The summed E-state index contributed by atoms with van der Waals surface area (Å²) in [5, 5.41) is 8.85. The normalized spacial score (nSPS) is 25.2. The third kappa shape index (κ3) is 2.86. The number of nitrogens with one attached hydrogen (secondary N) is 1. The minimum Gasteiger partial charge on any atom is -0.379 e. The molecule has 1 N–H and O–H groups in total. The number of methoxy groups -OCH3 is 1. The molecule has 2 rings (SSSR count). The van der Waals surface area contributed by atoms with Crippen molar-refractivity contribution in [2.45, 2.75) is 37.6 Å². The molecule has 1 saturated carbocycles. The summed E-state index contributed by atoms with van der Waals surface area (Å²) < 4.78 is 42.2. The van der Waals surface area contributed by atoms with Crippen LogP contribution in [0.3, 0.4) is 0 Å². The van der Waals surface area contributed by atoms with Gasteiger partial charge in [-0.2, -0.15) is 13.2 Å². The molecule has 0 bridgehead atoms. The molecule has 0 aliphatic heterocycles. The molecule has 96 valence electrons. The number of aromatic nitrogens is 2. The second-order valence-electron chi connectivity index (χ2n) is 3.87. The summed E-state index contributed by atoms with van der Waals surface area (Å²) in [5.41, 5.74) is 0. The van der Waals surface area contributed by atoms with Gasteiger partial charge in [-0.1, -0.05) is 11.3 Å². The van der Waals surface area contributed by atoms with E-state index in [1.807, 2.05) is 0 Å². The molecule has 0 radical (unpaired) electrons. The van der Waals surface area contributed by atoms with E-state index >= 15 is 0 Å². The van der Waals surface area contributed by atoms with Crippen LogP contribution in [0, 0.1) is 0 Å². The Labute approximate surface area is 100 Å². The van der Waals surface area contributed by atoms with E-state index in [1.54, 1.807) is 7.11 Å². The highest BCUT2D eigenvalue weighted by atomic mass is 32.1. The molecule has 1 heterocycles. The topological polar surface area (TPSA) is 47.0 Å². The van der Waals surface area contributed by atoms with Crippen LogP contribution >= 0.6 is 11.3 Å². The van der Waals surface area contributed by atoms with Crippen LogP contribution in [0.2, 0.25) is 0 Å². The molecular formula is C9H12F3N3OS. The second-order valence-corrected chi connectivity index (χ2v) is 4.84.